The Hall–Kier alpha value is -1.90. The first-order valence-corrected chi connectivity index (χ1v) is 12.8. The minimum Gasteiger partial charge on any atom is -0.459 e. The van der Waals surface area contributed by atoms with E-state index >= 15 is 0 Å². The normalized spacial score (nSPS) is 49.2. The molecular formula is C26H38O12. The van der Waals surface area contributed by atoms with Gasteiger partial charge in [0.15, 0.2) is 11.9 Å². The zero-order valence-electron chi connectivity index (χ0n) is 21.9. The van der Waals surface area contributed by atoms with E-state index in [1.54, 1.807) is 26.8 Å². The molecule has 0 unspecified atom stereocenters. The number of aliphatic hydroxyl groups excluding tert-OH is 6. The summed E-state index contributed by atoms with van der Waals surface area (Å²) in [4.78, 5) is 25.9. The lowest BCUT2D eigenvalue weighted by Gasteiger charge is -2.56. The molecule has 214 valence electrons. The molecule has 13 atom stereocenters. The van der Waals surface area contributed by atoms with Gasteiger partial charge in [0, 0.05) is 22.8 Å². The summed E-state index contributed by atoms with van der Waals surface area (Å²) < 4.78 is 22.9. The average molecular weight is 543 g/mol. The van der Waals surface area contributed by atoms with Gasteiger partial charge in [-0.3, -0.25) is 0 Å². The van der Waals surface area contributed by atoms with E-state index in [4.69, 9.17) is 18.9 Å². The van der Waals surface area contributed by atoms with Crippen molar-refractivity contribution in [2.24, 2.45) is 17.3 Å². The SMILES string of the molecule is C=C1[C@H](O)[C@@H](O)[C@@H](OC(=O)C(C)=CC)[C@@]2(C)CC[C@@H]3[C@@H](OC(=O)[C@@]3(C)O[C@@H]3O[C@H](CO)[C@@H](O)[C@H](O)[C@H]3O)[C@H]12. The highest BCUT2D eigenvalue weighted by Crippen LogP contribution is 2.59. The quantitative estimate of drug-likeness (QED) is 0.137. The van der Waals surface area contributed by atoms with Crippen LogP contribution >= 0.6 is 0 Å². The van der Waals surface area contributed by atoms with Crippen molar-refractivity contribution in [1.82, 2.24) is 0 Å². The van der Waals surface area contributed by atoms with E-state index in [9.17, 15) is 40.2 Å². The molecule has 2 aliphatic heterocycles. The van der Waals surface area contributed by atoms with Crippen LogP contribution < -0.4 is 0 Å². The van der Waals surface area contributed by atoms with E-state index in [0.717, 1.165) is 0 Å². The lowest BCUT2D eigenvalue weighted by atomic mass is 9.52. The zero-order chi connectivity index (χ0) is 28.3. The van der Waals surface area contributed by atoms with Crippen molar-refractivity contribution in [3.63, 3.8) is 0 Å². The van der Waals surface area contributed by atoms with E-state index in [0.29, 0.717) is 18.4 Å². The van der Waals surface area contributed by atoms with Crippen molar-refractivity contribution < 1.29 is 59.2 Å². The standard InChI is InChI=1S/C26H38O12/c1-6-10(2)22(33)37-21-18(31)15(28)11(3)14-20-12(7-8-25(14,21)4)26(5,24(34)36-20)38-23-19(32)17(30)16(29)13(9-27)35-23/h6,12-21,23,27-32H,3,7-9H2,1-2,4-5H3/t12-,13-,14+,15+,16-,17+,18-,19-,20-,21-,23+,25+,26+/m1/s1. The average Bonchev–Trinajstić information content (AvgIpc) is 3.13. The lowest BCUT2D eigenvalue weighted by Crippen LogP contribution is -2.65. The van der Waals surface area contributed by atoms with Gasteiger partial charge in [-0.15, -0.1) is 0 Å². The number of rotatable bonds is 5. The summed E-state index contributed by atoms with van der Waals surface area (Å²) in [5.41, 5.74) is -2.06. The molecule has 4 aliphatic rings. The van der Waals surface area contributed by atoms with Gasteiger partial charge in [0.05, 0.1) is 6.61 Å². The van der Waals surface area contributed by atoms with Crippen molar-refractivity contribution in [3.8, 4) is 0 Å². The number of fused-ring (bicyclic) bond motifs is 3. The van der Waals surface area contributed by atoms with Crippen LogP contribution in [0.5, 0.6) is 0 Å². The molecule has 2 saturated carbocycles. The van der Waals surface area contributed by atoms with Crippen LogP contribution in [0.2, 0.25) is 0 Å². The molecule has 2 aliphatic carbocycles. The molecule has 38 heavy (non-hydrogen) atoms. The van der Waals surface area contributed by atoms with Crippen LogP contribution in [-0.4, -0.2) is 110 Å². The molecule has 4 rings (SSSR count). The summed E-state index contributed by atoms with van der Waals surface area (Å²) in [6.45, 7) is 9.84. The number of allylic oxidation sites excluding steroid dienone is 1. The van der Waals surface area contributed by atoms with E-state index < -0.39 is 96.5 Å². The summed E-state index contributed by atoms with van der Waals surface area (Å²) in [6, 6.07) is 0. The Morgan fingerprint density at radius 3 is 2.39 bits per heavy atom. The van der Waals surface area contributed by atoms with E-state index in [-0.39, 0.29) is 5.57 Å². The Bertz CT molecular complexity index is 995. The molecule has 2 saturated heterocycles. The summed E-state index contributed by atoms with van der Waals surface area (Å²) >= 11 is 0. The van der Waals surface area contributed by atoms with Crippen LogP contribution in [0, 0.1) is 17.3 Å². The van der Waals surface area contributed by atoms with Crippen molar-refractivity contribution in [2.45, 2.75) is 101 Å². The third-order valence-electron chi connectivity index (χ3n) is 9.05. The number of esters is 2. The van der Waals surface area contributed by atoms with Gasteiger partial charge in [-0.05, 0) is 39.2 Å². The third kappa shape index (κ3) is 4.31. The fourth-order valence-electron chi connectivity index (χ4n) is 6.51. The van der Waals surface area contributed by atoms with Crippen molar-refractivity contribution >= 4 is 11.9 Å². The molecule has 0 radical (unpaired) electrons. The van der Waals surface area contributed by atoms with Crippen LogP contribution in [0.1, 0.15) is 40.5 Å². The fraction of sp³-hybridized carbons (Fsp3) is 0.769. The Kier molecular flexibility index (Phi) is 7.85. The Labute approximate surface area is 220 Å². The van der Waals surface area contributed by atoms with Gasteiger partial charge >= 0.3 is 11.9 Å². The van der Waals surface area contributed by atoms with Gasteiger partial charge in [-0.2, -0.15) is 0 Å². The van der Waals surface area contributed by atoms with Gasteiger partial charge in [-0.1, -0.05) is 19.6 Å². The monoisotopic (exact) mass is 542 g/mol. The first-order chi connectivity index (χ1) is 17.7. The van der Waals surface area contributed by atoms with Crippen LogP contribution in [0.4, 0.5) is 0 Å². The molecule has 6 N–H and O–H groups in total. The van der Waals surface area contributed by atoms with Gasteiger partial charge < -0.3 is 49.6 Å². The van der Waals surface area contributed by atoms with E-state index in [2.05, 4.69) is 6.58 Å². The highest BCUT2D eigenvalue weighted by molar-refractivity contribution is 5.88. The largest absolute Gasteiger partial charge is 0.459 e. The summed E-state index contributed by atoms with van der Waals surface area (Å²) in [7, 11) is 0. The number of hydrogen-bond donors (Lipinski definition) is 6. The molecule has 0 aromatic rings. The van der Waals surface area contributed by atoms with E-state index in [1.807, 2.05) is 0 Å². The second-order valence-corrected chi connectivity index (χ2v) is 11.2. The first kappa shape index (κ1) is 29.1. The molecule has 0 aromatic carbocycles. The van der Waals surface area contributed by atoms with Crippen LogP contribution in [0.3, 0.4) is 0 Å². The number of hydrogen-bond acceptors (Lipinski definition) is 12. The van der Waals surface area contributed by atoms with Gasteiger partial charge in [-0.25, -0.2) is 9.59 Å². The smallest absolute Gasteiger partial charge is 0.338 e. The number of carbonyl (C=O) groups is 2. The molecule has 0 amide bonds. The summed E-state index contributed by atoms with van der Waals surface area (Å²) in [6.07, 6.45) is -10.5. The fourth-order valence-corrected chi connectivity index (χ4v) is 6.51. The number of ether oxygens (including phenoxy) is 4. The molecule has 0 aromatic heterocycles. The first-order valence-electron chi connectivity index (χ1n) is 12.8. The maximum Gasteiger partial charge on any atom is 0.338 e. The van der Waals surface area contributed by atoms with Crippen LogP contribution in [0.25, 0.3) is 0 Å². The minimum absolute atomic E-state index is 0.231. The number of aliphatic hydroxyl groups is 6. The van der Waals surface area contributed by atoms with Crippen molar-refractivity contribution in [2.75, 3.05) is 6.61 Å². The highest BCUT2D eigenvalue weighted by Gasteiger charge is 2.68. The molecular weight excluding hydrogens is 504 g/mol. The van der Waals surface area contributed by atoms with Gasteiger partial charge in [0.2, 0.25) is 0 Å². The van der Waals surface area contributed by atoms with Crippen LogP contribution in [0.15, 0.2) is 23.8 Å². The second-order valence-electron chi connectivity index (χ2n) is 11.2. The van der Waals surface area contributed by atoms with Crippen molar-refractivity contribution in [3.05, 3.63) is 23.8 Å². The lowest BCUT2D eigenvalue weighted by molar-refractivity contribution is -0.325. The maximum atomic E-state index is 13.3. The second kappa shape index (κ2) is 10.3. The molecule has 4 fully saturated rings. The molecule has 12 nitrogen and oxygen atoms in total. The predicted molar refractivity (Wildman–Crippen MR) is 128 cm³/mol. The summed E-state index contributed by atoms with van der Waals surface area (Å²) in [5.74, 6) is -2.77. The molecule has 2 heterocycles. The zero-order valence-corrected chi connectivity index (χ0v) is 21.9. The van der Waals surface area contributed by atoms with E-state index in [1.165, 1.54) is 6.92 Å². The van der Waals surface area contributed by atoms with Gasteiger partial charge in [0.25, 0.3) is 0 Å². The highest BCUT2D eigenvalue weighted by atomic mass is 16.7. The maximum absolute atomic E-state index is 13.3. The summed E-state index contributed by atoms with van der Waals surface area (Å²) in [5, 5.41) is 62.0. The molecule has 0 bridgehead atoms. The Balaban J connectivity index is 1.64. The molecule has 0 spiro atoms. The van der Waals surface area contributed by atoms with Gasteiger partial charge in [0.1, 0.15) is 48.8 Å². The van der Waals surface area contributed by atoms with Crippen LogP contribution in [-0.2, 0) is 28.5 Å². The van der Waals surface area contributed by atoms with Crippen molar-refractivity contribution in [1.29, 1.82) is 0 Å². The Morgan fingerprint density at radius 2 is 1.79 bits per heavy atom. The molecule has 12 heteroatoms. The third-order valence-corrected chi connectivity index (χ3v) is 9.05. The number of carbonyl (C=O) groups excluding carboxylic acids is 2. The Morgan fingerprint density at radius 1 is 1.13 bits per heavy atom. The topological polar surface area (TPSA) is 192 Å². The predicted octanol–water partition coefficient (Wildman–Crippen LogP) is -1.31. The minimum atomic E-state index is -1.72.